The summed E-state index contributed by atoms with van der Waals surface area (Å²) in [5.74, 6) is 0.776. The molecule has 2 rings (SSSR count). The fourth-order valence-corrected chi connectivity index (χ4v) is 2.77. The van der Waals surface area contributed by atoms with Crippen LogP contribution in [-0.4, -0.2) is 24.6 Å². The smallest absolute Gasteiger partial charge is 0.251 e. The molecule has 2 aromatic rings. The highest BCUT2D eigenvalue weighted by Crippen LogP contribution is 2.14. The van der Waals surface area contributed by atoms with Gasteiger partial charge in [0.25, 0.3) is 5.91 Å². The molecule has 2 aromatic carbocycles. The molecule has 0 fully saturated rings. The maximum Gasteiger partial charge on any atom is 0.251 e. The molecule has 6 heteroatoms. The predicted molar refractivity (Wildman–Crippen MR) is 95.8 cm³/mol. The SMILES string of the molecule is CNC(=O)c1ccc(NC(=O)CSCc2ccc(C#N)cc2)cc1. The van der Waals surface area contributed by atoms with Gasteiger partial charge in [-0.25, -0.2) is 0 Å². The van der Waals surface area contributed by atoms with E-state index in [-0.39, 0.29) is 11.8 Å². The molecule has 0 heterocycles. The number of hydrogen-bond acceptors (Lipinski definition) is 4. The van der Waals surface area contributed by atoms with Crippen molar-refractivity contribution in [3.8, 4) is 6.07 Å². The highest BCUT2D eigenvalue weighted by molar-refractivity contribution is 7.99. The minimum Gasteiger partial charge on any atom is -0.355 e. The quantitative estimate of drug-likeness (QED) is 0.848. The number of thioether (sulfide) groups is 1. The van der Waals surface area contributed by atoms with Gasteiger partial charge in [-0.1, -0.05) is 12.1 Å². The van der Waals surface area contributed by atoms with Crippen LogP contribution in [0.25, 0.3) is 0 Å². The van der Waals surface area contributed by atoms with Crippen molar-refractivity contribution in [2.75, 3.05) is 18.1 Å². The second-order valence-electron chi connectivity index (χ2n) is 5.01. The van der Waals surface area contributed by atoms with E-state index in [9.17, 15) is 9.59 Å². The van der Waals surface area contributed by atoms with E-state index >= 15 is 0 Å². The molecule has 122 valence electrons. The van der Waals surface area contributed by atoms with Crippen LogP contribution in [-0.2, 0) is 10.5 Å². The Balaban J connectivity index is 1.78. The zero-order chi connectivity index (χ0) is 17.4. The van der Waals surface area contributed by atoms with Gasteiger partial charge >= 0.3 is 0 Å². The molecule has 0 bridgehead atoms. The summed E-state index contributed by atoms with van der Waals surface area (Å²) in [6, 6.07) is 16.1. The van der Waals surface area contributed by atoms with Crippen LogP contribution in [0.15, 0.2) is 48.5 Å². The number of hydrogen-bond donors (Lipinski definition) is 2. The number of anilines is 1. The van der Waals surface area contributed by atoms with Gasteiger partial charge in [-0.3, -0.25) is 9.59 Å². The largest absolute Gasteiger partial charge is 0.355 e. The summed E-state index contributed by atoms with van der Waals surface area (Å²) in [7, 11) is 1.57. The summed E-state index contributed by atoms with van der Waals surface area (Å²) < 4.78 is 0. The molecular formula is C18H17N3O2S. The second-order valence-corrected chi connectivity index (χ2v) is 5.99. The van der Waals surface area contributed by atoms with E-state index < -0.39 is 0 Å². The normalized spacial score (nSPS) is 9.83. The van der Waals surface area contributed by atoms with Crippen molar-refractivity contribution < 1.29 is 9.59 Å². The summed E-state index contributed by atoms with van der Waals surface area (Å²) >= 11 is 1.50. The van der Waals surface area contributed by atoms with Crippen LogP contribution < -0.4 is 10.6 Å². The summed E-state index contributed by atoms with van der Waals surface area (Å²) in [5, 5.41) is 14.1. The lowest BCUT2D eigenvalue weighted by molar-refractivity contribution is -0.113. The first-order valence-corrected chi connectivity index (χ1v) is 8.46. The van der Waals surface area contributed by atoms with Gasteiger partial charge in [0, 0.05) is 24.1 Å². The molecule has 0 atom stereocenters. The van der Waals surface area contributed by atoms with Crippen LogP contribution in [0.5, 0.6) is 0 Å². The average Bonchev–Trinajstić information content (AvgIpc) is 2.62. The van der Waals surface area contributed by atoms with Crippen LogP contribution in [0.2, 0.25) is 0 Å². The van der Waals surface area contributed by atoms with Crippen molar-refractivity contribution in [2.45, 2.75) is 5.75 Å². The van der Waals surface area contributed by atoms with Gasteiger partial charge in [0.2, 0.25) is 5.91 Å². The highest BCUT2D eigenvalue weighted by atomic mass is 32.2. The van der Waals surface area contributed by atoms with Crippen molar-refractivity contribution in [1.29, 1.82) is 5.26 Å². The predicted octanol–water partition coefficient (Wildman–Crippen LogP) is 2.79. The molecule has 2 N–H and O–H groups in total. The number of carbonyl (C=O) groups excluding carboxylic acids is 2. The topological polar surface area (TPSA) is 82.0 Å². The minimum absolute atomic E-state index is 0.0960. The maximum atomic E-state index is 11.9. The first-order chi connectivity index (χ1) is 11.6. The van der Waals surface area contributed by atoms with Crippen molar-refractivity contribution in [2.24, 2.45) is 0 Å². The van der Waals surface area contributed by atoms with E-state index in [4.69, 9.17) is 5.26 Å². The van der Waals surface area contributed by atoms with Crippen molar-refractivity contribution in [3.05, 3.63) is 65.2 Å². The Bertz CT molecular complexity index is 749. The van der Waals surface area contributed by atoms with Gasteiger partial charge in [-0.15, -0.1) is 11.8 Å². The number of nitrogens with one attached hydrogen (secondary N) is 2. The molecule has 2 amide bonds. The summed E-state index contributed by atoms with van der Waals surface area (Å²) in [6.07, 6.45) is 0. The molecule has 0 saturated heterocycles. The Kier molecular flexibility index (Phi) is 6.41. The van der Waals surface area contributed by atoms with E-state index in [1.54, 1.807) is 43.4 Å². The molecule has 0 radical (unpaired) electrons. The highest BCUT2D eigenvalue weighted by Gasteiger charge is 2.05. The van der Waals surface area contributed by atoms with E-state index in [2.05, 4.69) is 16.7 Å². The molecule has 24 heavy (non-hydrogen) atoms. The van der Waals surface area contributed by atoms with Crippen molar-refractivity contribution in [3.63, 3.8) is 0 Å². The maximum absolute atomic E-state index is 11.9. The third-order valence-electron chi connectivity index (χ3n) is 3.24. The fraction of sp³-hybridized carbons (Fsp3) is 0.167. The van der Waals surface area contributed by atoms with Gasteiger partial charge in [0.05, 0.1) is 17.4 Å². The molecule has 0 unspecified atom stereocenters. The Morgan fingerprint density at radius 2 is 1.75 bits per heavy atom. The molecule has 0 aliphatic rings. The number of nitrogens with zero attached hydrogens (tertiary/aromatic N) is 1. The molecule has 0 aromatic heterocycles. The van der Waals surface area contributed by atoms with Crippen LogP contribution in [0.1, 0.15) is 21.5 Å². The first kappa shape index (κ1) is 17.6. The van der Waals surface area contributed by atoms with Crippen LogP contribution in [0.3, 0.4) is 0 Å². The lowest BCUT2D eigenvalue weighted by Gasteiger charge is -2.06. The number of amides is 2. The van der Waals surface area contributed by atoms with Gasteiger partial charge in [0.1, 0.15) is 0 Å². The number of nitriles is 1. The van der Waals surface area contributed by atoms with Crippen molar-refractivity contribution >= 4 is 29.3 Å². The zero-order valence-electron chi connectivity index (χ0n) is 13.2. The minimum atomic E-state index is -0.161. The Morgan fingerprint density at radius 1 is 1.08 bits per heavy atom. The third kappa shape index (κ3) is 5.14. The molecule has 0 aliphatic heterocycles. The fourth-order valence-electron chi connectivity index (χ4n) is 1.98. The molecule has 0 spiro atoms. The van der Waals surface area contributed by atoms with Crippen LogP contribution >= 0.6 is 11.8 Å². The van der Waals surface area contributed by atoms with E-state index in [1.807, 2.05) is 12.1 Å². The summed E-state index contributed by atoms with van der Waals surface area (Å²) in [4.78, 5) is 23.4. The standard InChI is InChI=1S/C18H17N3O2S/c1-20-18(23)15-6-8-16(9-7-15)21-17(22)12-24-11-14-4-2-13(10-19)3-5-14/h2-9H,11-12H2,1H3,(H,20,23)(H,21,22). The van der Waals surface area contributed by atoms with E-state index in [0.29, 0.717) is 28.3 Å². The Morgan fingerprint density at radius 3 is 2.33 bits per heavy atom. The molecule has 0 aliphatic carbocycles. The number of benzene rings is 2. The van der Waals surface area contributed by atoms with Gasteiger partial charge in [-0.2, -0.15) is 5.26 Å². The Labute approximate surface area is 145 Å². The number of rotatable bonds is 6. The van der Waals surface area contributed by atoms with Crippen LogP contribution in [0.4, 0.5) is 5.69 Å². The van der Waals surface area contributed by atoms with Crippen molar-refractivity contribution in [1.82, 2.24) is 5.32 Å². The van der Waals surface area contributed by atoms with E-state index in [0.717, 1.165) is 5.56 Å². The monoisotopic (exact) mass is 339 g/mol. The van der Waals surface area contributed by atoms with Gasteiger partial charge in [-0.05, 0) is 42.0 Å². The summed E-state index contributed by atoms with van der Waals surface area (Å²) in [5.41, 5.74) is 2.90. The van der Waals surface area contributed by atoms with E-state index in [1.165, 1.54) is 11.8 Å². The number of carbonyl (C=O) groups is 2. The third-order valence-corrected chi connectivity index (χ3v) is 4.25. The lowest BCUT2D eigenvalue weighted by Crippen LogP contribution is -2.18. The van der Waals surface area contributed by atoms with Crippen LogP contribution in [0, 0.1) is 11.3 Å². The molecule has 0 saturated carbocycles. The van der Waals surface area contributed by atoms with Gasteiger partial charge < -0.3 is 10.6 Å². The second kappa shape index (κ2) is 8.75. The van der Waals surface area contributed by atoms with Gasteiger partial charge in [0.15, 0.2) is 0 Å². The average molecular weight is 339 g/mol. The molecule has 5 nitrogen and oxygen atoms in total. The zero-order valence-corrected chi connectivity index (χ0v) is 14.0. The molecular weight excluding hydrogens is 322 g/mol. The lowest BCUT2D eigenvalue weighted by atomic mass is 10.2. The first-order valence-electron chi connectivity index (χ1n) is 7.31. The summed E-state index contributed by atoms with van der Waals surface area (Å²) in [6.45, 7) is 0. The Hall–Kier alpha value is -2.78.